The Hall–Kier alpha value is -2.09. The van der Waals surface area contributed by atoms with Gasteiger partial charge in [0, 0.05) is 5.56 Å². The summed E-state index contributed by atoms with van der Waals surface area (Å²) in [5.41, 5.74) is 3.79. The zero-order valence-electron chi connectivity index (χ0n) is 13.3. The Kier molecular flexibility index (Phi) is 5.25. The molecule has 126 valence electrons. The highest BCUT2D eigenvalue weighted by Crippen LogP contribution is 2.27. The third-order valence-electron chi connectivity index (χ3n) is 3.74. The van der Waals surface area contributed by atoms with Gasteiger partial charge in [0.2, 0.25) is 5.91 Å². The minimum atomic E-state index is -3.09. The highest BCUT2D eigenvalue weighted by Gasteiger charge is 2.32. The van der Waals surface area contributed by atoms with Crippen molar-refractivity contribution in [1.29, 1.82) is 0 Å². The summed E-state index contributed by atoms with van der Waals surface area (Å²) < 4.78 is 33.2. The van der Waals surface area contributed by atoms with Crippen LogP contribution in [0.3, 0.4) is 0 Å². The minimum absolute atomic E-state index is 0.0590. The molecule has 0 aromatic heterocycles. The summed E-state index contributed by atoms with van der Waals surface area (Å²) in [5, 5.41) is 4.04. The quantitative estimate of drug-likeness (QED) is 0.637. The lowest BCUT2D eigenvalue weighted by molar-refractivity contribution is -0.124. The fourth-order valence-corrected chi connectivity index (χ4v) is 4.10. The molecule has 0 bridgehead atoms. The Morgan fingerprint density at radius 3 is 2.52 bits per heavy atom. The molecule has 1 fully saturated rings. The van der Waals surface area contributed by atoms with E-state index < -0.39 is 15.8 Å². The normalized spacial score (nSPS) is 20.1. The van der Waals surface area contributed by atoms with Crippen LogP contribution in [-0.2, 0) is 14.6 Å². The lowest BCUT2D eigenvalue weighted by Crippen LogP contribution is -2.28. The van der Waals surface area contributed by atoms with Crippen LogP contribution in [0.2, 0.25) is 0 Å². The molecule has 1 saturated heterocycles. The van der Waals surface area contributed by atoms with E-state index in [-0.39, 0.29) is 17.4 Å². The number of hydrogen-bond donors (Lipinski definition) is 1. The second-order valence-electron chi connectivity index (χ2n) is 5.34. The number of ether oxygens (including phenoxy) is 2. The highest BCUT2D eigenvalue weighted by molar-refractivity contribution is 7.91. The van der Waals surface area contributed by atoms with E-state index in [0.29, 0.717) is 23.6 Å². The number of nitrogens with zero attached hydrogens (tertiary/aromatic N) is 1. The third kappa shape index (κ3) is 4.22. The zero-order valence-corrected chi connectivity index (χ0v) is 14.1. The second kappa shape index (κ2) is 6.99. The molecule has 1 aromatic carbocycles. The third-order valence-corrected chi connectivity index (χ3v) is 5.51. The Morgan fingerprint density at radius 2 is 1.96 bits per heavy atom. The first-order chi connectivity index (χ1) is 10.9. The lowest BCUT2D eigenvalue weighted by atomic mass is 10.1. The molecule has 2 rings (SSSR count). The largest absolute Gasteiger partial charge is 0.493 e. The van der Waals surface area contributed by atoms with E-state index in [2.05, 4.69) is 10.5 Å². The van der Waals surface area contributed by atoms with E-state index in [1.165, 1.54) is 7.11 Å². The number of rotatable bonds is 5. The van der Waals surface area contributed by atoms with Gasteiger partial charge in [0.15, 0.2) is 21.3 Å². The minimum Gasteiger partial charge on any atom is -0.493 e. The second-order valence-corrected chi connectivity index (χ2v) is 7.57. The van der Waals surface area contributed by atoms with Crippen molar-refractivity contribution in [3.63, 3.8) is 0 Å². The summed E-state index contributed by atoms with van der Waals surface area (Å²) in [6.07, 6.45) is 0.346. The predicted molar refractivity (Wildman–Crippen MR) is 86.7 cm³/mol. The first-order valence-electron chi connectivity index (χ1n) is 7.13. The first kappa shape index (κ1) is 17.3. The van der Waals surface area contributed by atoms with Gasteiger partial charge in [-0.15, -0.1) is 0 Å². The van der Waals surface area contributed by atoms with Crippen LogP contribution in [0.15, 0.2) is 23.3 Å². The molecule has 1 N–H and O–H groups in total. The van der Waals surface area contributed by atoms with Gasteiger partial charge in [-0.2, -0.15) is 5.10 Å². The zero-order chi connectivity index (χ0) is 17.0. The van der Waals surface area contributed by atoms with Crippen LogP contribution in [0.4, 0.5) is 0 Å². The summed E-state index contributed by atoms with van der Waals surface area (Å²) in [5.74, 6) is 0.220. The first-order valence-corrected chi connectivity index (χ1v) is 8.95. The molecule has 1 aliphatic heterocycles. The summed E-state index contributed by atoms with van der Waals surface area (Å²) in [4.78, 5) is 12.0. The number of methoxy groups -OCH3 is 2. The Balaban J connectivity index is 2.07. The van der Waals surface area contributed by atoms with Crippen molar-refractivity contribution in [2.75, 3.05) is 25.7 Å². The average molecular weight is 340 g/mol. The Morgan fingerprint density at radius 1 is 1.26 bits per heavy atom. The van der Waals surface area contributed by atoms with E-state index in [4.69, 9.17) is 9.47 Å². The van der Waals surface area contributed by atoms with Crippen molar-refractivity contribution in [3.05, 3.63) is 23.8 Å². The van der Waals surface area contributed by atoms with Crippen LogP contribution < -0.4 is 14.9 Å². The molecule has 0 aliphatic carbocycles. The molecule has 1 aromatic rings. The van der Waals surface area contributed by atoms with E-state index in [1.807, 2.05) is 0 Å². The maximum atomic E-state index is 12.0. The van der Waals surface area contributed by atoms with Gasteiger partial charge in [0.1, 0.15) is 0 Å². The van der Waals surface area contributed by atoms with Crippen molar-refractivity contribution >= 4 is 21.5 Å². The molecule has 23 heavy (non-hydrogen) atoms. The van der Waals surface area contributed by atoms with E-state index in [9.17, 15) is 13.2 Å². The maximum absolute atomic E-state index is 12.0. The Labute approximate surface area is 135 Å². The molecule has 1 amide bonds. The number of carbonyl (C=O) groups is 1. The number of hydrazone groups is 1. The fraction of sp³-hybridized carbons (Fsp3) is 0.467. The highest BCUT2D eigenvalue weighted by atomic mass is 32.2. The maximum Gasteiger partial charge on any atom is 0.244 e. The molecular formula is C15H20N2O5S. The summed E-state index contributed by atoms with van der Waals surface area (Å²) >= 11 is 0. The number of carbonyl (C=O) groups excluding carboxylic acids is 1. The monoisotopic (exact) mass is 340 g/mol. The van der Waals surface area contributed by atoms with E-state index in [0.717, 1.165) is 5.56 Å². The molecule has 0 saturated carbocycles. The molecule has 0 spiro atoms. The molecular weight excluding hydrogens is 320 g/mol. The number of benzene rings is 1. The SMILES string of the molecule is COc1ccc(/C(C)=N\NC(=O)[C@@H]2CCS(=O)(=O)C2)cc1OC. The van der Waals surface area contributed by atoms with Crippen molar-refractivity contribution in [2.45, 2.75) is 13.3 Å². The predicted octanol–water partition coefficient (Wildman–Crippen LogP) is 0.979. The van der Waals surface area contributed by atoms with Gasteiger partial charge >= 0.3 is 0 Å². The van der Waals surface area contributed by atoms with Gasteiger partial charge < -0.3 is 9.47 Å². The molecule has 1 aliphatic rings. The van der Waals surface area contributed by atoms with Gasteiger partial charge in [-0.1, -0.05) is 0 Å². The topological polar surface area (TPSA) is 94.1 Å². The van der Waals surface area contributed by atoms with Gasteiger partial charge in [-0.25, -0.2) is 13.8 Å². The van der Waals surface area contributed by atoms with Crippen LogP contribution in [0.1, 0.15) is 18.9 Å². The van der Waals surface area contributed by atoms with Crippen LogP contribution in [0.25, 0.3) is 0 Å². The average Bonchev–Trinajstić information content (AvgIpc) is 2.91. The Bertz CT molecular complexity index is 727. The van der Waals surface area contributed by atoms with Gasteiger partial charge in [-0.05, 0) is 31.5 Å². The fourth-order valence-electron chi connectivity index (χ4n) is 2.36. The van der Waals surface area contributed by atoms with Gasteiger partial charge in [0.25, 0.3) is 0 Å². The van der Waals surface area contributed by atoms with Gasteiger partial charge in [-0.3, -0.25) is 4.79 Å². The van der Waals surface area contributed by atoms with Crippen LogP contribution in [0, 0.1) is 5.92 Å². The molecule has 1 atom stereocenters. The smallest absolute Gasteiger partial charge is 0.244 e. The lowest BCUT2D eigenvalue weighted by Gasteiger charge is -2.10. The standard InChI is InChI=1S/C15H20N2O5S/c1-10(11-4-5-13(21-2)14(8-11)22-3)16-17-15(18)12-6-7-23(19,20)9-12/h4-5,8,12H,6-7,9H2,1-3H3,(H,17,18)/b16-10-/t12-/m1/s1. The molecule has 0 radical (unpaired) electrons. The van der Waals surface area contributed by atoms with Crippen molar-refractivity contribution < 1.29 is 22.7 Å². The molecule has 1 heterocycles. The molecule has 0 unspecified atom stereocenters. The summed E-state index contributed by atoms with van der Waals surface area (Å²) in [6, 6.07) is 5.30. The van der Waals surface area contributed by atoms with Crippen LogP contribution in [-0.4, -0.2) is 45.8 Å². The summed E-state index contributed by atoms with van der Waals surface area (Å²) in [7, 11) is 0.000415. The number of nitrogens with one attached hydrogen (secondary N) is 1. The van der Waals surface area contributed by atoms with Crippen molar-refractivity contribution in [3.8, 4) is 11.5 Å². The van der Waals surface area contributed by atoms with Crippen molar-refractivity contribution in [2.24, 2.45) is 11.0 Å². The van der Waals surface area contributed by atoms with Gasteiger partial charge in [0.05, 0.1) is 37.4 Å². The molecule has 7 nitrogen and oxygen atoms in total. The number of sulfone groups is 1. The van der Waals surface area contributed by atoms with Crippen LogP contribution in [0.5, 0.6) is 11.5 Å². The molecule has 8 heteroatoms. The van der Waals surface area contributed by atoms with E-state index in [1.54, 1.807) is 32.2 Å². The van der Waals surface area contributed by atoms with E-state index >= 15 is 0 Å². The van der Waals surface area contributed by atoms with Crippen molar-refractivity contribution in [1.82, 2.24) is 5.43 Å². The summed E-state index contributed by atoms with van der Waals surface area (Å²) in [6.45, 7) is 1.74. The number of hydrogen-bond acceptors (Lipinski definition) is 6. The van der Waals surface area contributed by atoms with Crippen LogP contribution >= 0.6 is 0 Å². The number of amides is 1.